The van der Waals surface area contributed by atoms with Crippen molar-refractivity contribution in [3.8, 4) is 11.1 Å². The number of nitrogen functional groups attached to an aromatic ring is 1. The molecular formula is C17H22N6O2S. The number of rotatable bonds is 4. The normalized spacial score (nSPS) is 22.1. The van der Waals surface area contributed by atoms with Crippen LogP contribution >= 0.6 is 0 Å². The van der Waals surface area contributed by atoms with E-state index in [-0.39, 0.29) is 5.92 Å². The quantitative estimate of drug-likeness (QED) is 0.863. The molecule has 1 unspecified atom stereocenters. The molecule has 1 atom stereocenters. The number of anilines is 1. The van der Waals surface area contributed by atoms with Crippen LogP contribution in [0, 0.1) is 0 Å². The van der Waals surface area contributed by atoms with Crippen molar-refractivity contribution in [1.82, 2.24) is 23.6 Å². The first-order valence-corrected chi connectivity index (χ1v) is 10.2. The van der Waals surface area contributed by atoms with Crippen LogP contribution in [0.2, 0.25) is 0 Å². The first-order valence-electron chi connectivity index (χ1n) is 8.83. The van der Waals surface area contributed by atoms with Crippen molar-refractivity contribution in [1.29, 1.82) is 0 Å². The van der Waals surface area contributed by atoms with E-state index < -0.39 is 10.2 Å². The van der Waals surface area contributed by atoms with E-state index in [1.54, 1.807) is 27.1 Å². The van der Waals surface area contributed by atoms with Gasteiger partial charge >= 0.3 is 0 Å². The Morgan fingerprint density at radius 2 is 1.92 bits per heavy atom. The molecule has 2 aliphatic rings. The highest BCUT2D eigenvalue weighted by atomic mass is 32.2. The van der Waals surface area contributed by atoms with Gasteiger partial charge in [-0.3, -0.25) is 0 Å². The molecule has 0 aromatic carbocycles. The Labute approximate surface area is 153 Å². The van der Waals surface area contributed by atoms with Gasteiger partial charge in [0.05, 0.1) is 5.69 Å². The van der Waals surface area contributed by atoms with Crippen LogP contribution in [0.3, 0.4) is 0 Å². The zero-order chi connectivity index (χ0) is 18.1. The maximum absolute atomic E-state index is 12.8. The molecule has 2 saturated heterocycles. The van der Waals surface area contributed by atoms with Crippen LogP contribution in [0.15, 0.2) is 30.9 Å². The second-order valence-electron chi connectivity index (χ2n) is 6.75. The molecular weight excluding hydrogens is 352 g/mol. The maximum atomic E-state index is 12.8. The molecule has 138 valence electrons. The summed E-state index contributed by atoms with van der Waals surface area (Å²) in [6.45, 7) is 2.21. The van der Waals surface area contributed by atoms with Crippen LogP contribution in [0.4, 0.5) is 5.82 Å². The molecule has 0 amide bonds. The molecule has 0 bridgehead atoms. The number of pyridine rings is 1. The van der Waals surface area contributed by atoms with E-state index in [1.165, 1.54) is 6.33 Å². The SMILES string of the molecule is Nc1cc(-c2cncnc2C2CCN(S(=O)(=O)N3CCCC3)C2)ccn1. The van der Waals surface area contributed by atoms with Gasteiger partial charge < -0.3 is 5.73 Å². The summed E-state index contributed by atoms with van der Waals surface area (Å²) in [5, 5.41) is 0. The van der Waals surface area contributed by atoms with E-state index in [1.807, 2.05) is 6.07 Å². The van der Waals surface area contributed by atoms with E-state index >= 15 is 0 Å². The molecule has 0 radical (unpaired) electrons. The number of hydrogen-bond acceptors (Lipinski definition) is 6. The second kappa shape index (κ2) is 6.90. The predicted molar refractivity (Wildman–Crippen MR) is 98.3 cm³/mol. The largest absolute Gasteiger partial charge is 0.384 e. The molecule has 4 rings (SSSR count). The molecule has 2 aromatic heterocycles. The van der Waals surface area contributed by atoms with Crippen LogP contribution in [0.1, 0.15) is 30.9 Å². The molecule has 26 heavy (non-hydrogen) atoms. The molecule has 0 aliphatic carbocycles. The average Bonchev–Trinajstić information content (AvgIpc) is 3.34. The predicted octanol–water partition coefficient (Wildman–Crippen LogP) is 1.25. The standard InChI is InChI=1S/C17H22N6O2S/c18-16-9-13(3-5-20-16)15-10-19-12-21-17(15)14-4-8-23(11-14)26(24,25)22-6-1-2-7-22/h3,5,9-10,12,14H,1-2,4,6-8,11H2,(H2,18,20). The Morgan fingerprint density at radius 1 is 1.12 bits per heavy atom. The van der Waals surface area contributed by atoms with E-state index in [9.17, 15) is 8.42 Å². The lowest BCUT2D eigenvalue weighted by atomic mass is 9.96. The fourth-order valence-electron chi connectivity index (χ4n) is 3.75. The molecule has 0 saturated carbocycles. The Kier molecular flexibility index (Phi) is 4.60. The van der Waals surface area contributed by atoms with E-state index in [2.05, 4.69) is 15.0 Å². The number of aromatic nitrogens is 3. The zero-order valence-electron chi connectivity index (χ0n) is 14.5. The second-order valence-corrected chi connectivity index (χ2v) is 8.68. The van der Waals surface area contributed by atoms with Gasteiger partial charge in [0, 0.05) is 50.1 Å². The summed E-state index contributed by atoms with van der Waals surface area (Å²) in [6.07, 6.45) is 7.56. The van der Waals surface area contributed by atoms with Gasteiger partial charge in [0.2, 0.25) is 0 Å². The fourth-order valence-corrected chi connectivity index (χ4v) is 5.50. The maximum Gasteiger partial charge on any atom is 0.281 e. The molecule has 9 heteroatoms. The third-order valence-electron chi connectivity index (χ3n) is 5.09. The van der Waals surface area contributed by atoms with Gasteiger partial charge in [-0.15, -0.1) is 0 Å². The van der Waals surface area contributed by atoms with Crippen molar-refractivity contribution in [3.63, 3.8) is 0 Å². The molecule has 4 heterocycles. The summed E-state index contributed by atoms with van der Waals surface area (Å²) in [5.41, 5.74) is 8.45. The van der Waals surface area contributed by atoms with Crippen LogP contribution in [0.25, 0.3) is 11.1 Å². The summed E-state index contributed by atoms with van der Waals surface area (Å²) >= 11 is 0. The molecule has 2 N–H and O–H groups in total. The van der Waals surface area contributed by atoms with Gasteiger partial charge in [0.25, 0.3) is 10.2 Å². The summed E-state index contributed by atoms with van der Waals surface area (Å²) in [4.78, 5) is 12.6. The minimum absolute atomic E-state index is 0.0415. The lowest BCUT2D eigenvalue weighted by Gasteiger charge is -2.23. The minimum atomic E-state index is -3.37. The number of hydrogen-bond donors (Lipinski definition) is 1. The highest BCUT2D eigenvalue weighted by Crippen LogP contribution is 2.34. The first-order chi connectivity index (χ1) is 12.6. The van der Waals surface area contributed by atoms with Gasteiger partial charge in [-0.2, -0.15) is 17.0 Å². The van der Waals surface area contributed by atoms with Crippen LogP contribution < -0.4 is 5.73 Å². The molecule has 2 aromatic rings. The van der Waals surface area contributed by atoms with Crippen molar-refractivity contribution in [2.24, 2.45) is 0 Å². The Morgan fingerprint density at radius 3 is 2.69 bits per heavy atom. The van der Waals surface area contributed by atoms with Crippen molar-refractivity contribution in [3.05, 3.63) is 36.5 Å². The zero-order valence-corrected chi connectivity index (χ0v) is 15.3. The Bertz CT molecular complexity index is 898. The fraction of sp³-hybridized carbons (Fsp3) is 0.471. The third kappa shape index (κ3) is 3.17. The van der Waals surface area contributed by atoms with Gasteiger partial charge in [-0.05, 0) is 37.0 Å². The lowest BCUT2D eigenvalue weighted by molar-refractivity contribution is 0.395. The van der Waals surface area contributed by atoms with Crippen molar-refractivity contribution >= 4 is 16.0 Å². The monoisotopic (exact) mass is 374 g/mol. The summed E-state index contributed by atoms with van der Waals surface area (Å²) < 4.78 is 28.8. The van der Waals surface area contributed by atoms with Crippen LogP contribution in [-0.2, 0) is 10.2 Å². The van der Waals surface area contributed by atoms with Gasteiger partial charge in [0.15, 0.2) is 0 Å². The van der Waals surface area contributed by atoms with Crippen LogP contribution in [0.5, 0.6) is 0 Å². The topological polar surface area (TPSA) is 105 Å². The minimum Gasteiger partial charge on any atom is -0.384 e. The average molecular weight is 374 g/mol. The smallest absolute Gasteiger partial charge is 0.281 e. The summed E-state index contributed by atoms with van der Waals surface area (Å²) in [6, 6.07) is 3.65. The van der Waals surface area contributed by atoms with Gasteiger partial charge in [0.1, 0.15) is 12.1 Å². The van der Waals surface area contributed by atoms with E-state index in [0.717, 1.165) is 36.1 Å². The Hall–Kier alpha value is -2.10. The van der Waals surface area contributed by atoms with Gasteiger partial charge in [-0.1, -0.05) is 0 Å². The third-order valence-corrected chi connectivity index (χ3v) is 7.09. The lowest BCUT2D eigenvalue weighted by Crippen LogP contribution is -2.41. The molecule has 0 spiro atoms. The Balaban J connectivity index is 1.60. The molecule has 2 fully saturated rings. The van der Waals surface area contributed by atoms with E-state index in [0.29, 0.717) is 32.0 Å². The summed E-state index contributed by atoms with van der Waals surface area (Å²) in [5.74, 6) is 0.474. The van der Waals surface area contributed by atoms with Crippen molar-refractivity contribution in [2.45, 2.75) is 25.2 Å². The van der Waals surface area contributed by atoms with Crippen molar-refractivity contribution < 1.29 is 8.42 Å². The molecule has 8 nitrogen and oxygen atoms in total. The van der Waals surface area contributed by atoms with Crippen LogP contribution in [-0.4, -0.2) is 58.2 Å². The number of nitrogens with two attached hydrogens (primary N) is 1. The van der Waals surface area contributed by atoms with Crippen molar-refractivity contribution in [2.75, 3.05) is 31.9 Å². The van der Waals surface area contributed by atoms with E-state index in [4.69, 9.17) is 5.73 Å². The number of nitrogens with zero attached hydrogens (tertiary/aromatic N) is 5. The molecule has 2 aliphatic heterocycles. The highest BCUT2D eigenvalue weighted by molar-refractivity contribution is 7.86. The highest BCUT2D eigenvalue weighted by Gasteiger charge is 2.38. The summed E-state index contributed by atoms with van der Waals surface area (Å²) in [7, 11) is -3.37. The van der Waals surface area contributed by atoms with Gasteiger partial charge in [-0.25, -0.2) is 15.0 Å². The first kappa shape index (κ1) is 17.3.